The Bertz CT molecular complexity index is 1380. The van der Waals surface area contributed by atoms with Gasteiger partial charge in [-0.05, 0) is 83.5 Å². The van der Waals surface area contributed by atoms with Crippen LogP contribution in [0, 0.1) is 0 Å². The number of esters is 1. The summed E-state index contributed by atoms with van der Waals surface area (Å²) in [7, 11) is 0. The molecule has 2 saturated heterocycles. The number of unbranched alkanes of at least 4 members (excludes halogenated alkanes) is 13. The van der Waals surface area contributed by atoms with Crippen LogP contribution >= 0.6 is 0 Å². The maximum atomic E-state index is 13.0. The Hall–Kier alpha value is -2.57. The number of aliphatic hydroxyl groups is 7. The molecule has 2 rings (SSSR count). The summed E-state index contributed by atoms with van der Waals surface area (Å²) in [6, 6.07) is 0. The largest absolute Gasteiger partial charge is 0.457 e. The van der Waals surface area contributed by atoms with Crippen LogP contribution in [0.15, 0.2) is 72.9 Å². The molecule has 2 aliphatic heterocycles. The number of rotatable bonds is 39. The SMILES string of the molecule is CC/C=C\C/C=C\C/C=C\C/C=C\C/C=C\CCCCOCC(COC1OC(COC2OC(CO)C(O)C(O)C2O)C(O)C(O)C1O)OC(=O)CCCCCCC/C=C\CCCCCCCC. The molecule has 0 radical (unpaired) electrons. The van der Waals surface area contributed by atoms with Gasteiger partial charge in [0.25, 0.3) is 0 Å². The smallest absolute Gasteiger partial charge is 0.306 e. The quantitative estimate of drug-likeness (QED) is 0.0181. The van der Waals surface area contributed by atoms with E-state index in [1.165, 1.54) is 38.5 Å². The summed E-state index contributed by atoms with van der Waals surface area (Å²) < 4.78 is 34.2. The zero-order valence-electron chi connectivity index (χ0n) is 40.9. The monoisotopic (exact) mass is 951 g/mol. The predicted octanol–water partition coefficient (Wildman–Crippen LogP) is 7.51. The highest BCUT2D eigenvalue weighted by Gasteiger charge is 2.47. The highest BCUT2D eigenvalue weighted by Crippen LogP contribution is 2.26. The van der Waals surface area contributed by atoms with Crippen molar-refractivity contribution in [2.75, 3.05) is 33.0 Å². The second-order valence-electron chi connectivity index (χ2n) is 17.6. The van der Waals surface area contributed by atoms with Gasteiger partial charge in [-0.1, -0.05) is 138 Å². The fraction of sp³-hybridized carbons (Fsp3) is 0.755. The van der Waals surface area contributed by atoms with Crippen LogP contribution < -0.4 is 0 Å². The van der Waals surface area contributed by atoms with Gasteiger partial charge >= 0.3 is 5.97 Å². The van der Waals surface area contributed by atoms with E-state index in [1.807, 2.05) is 0 Å². The third kappa shape index (κ3) is 28.0. The summed E-state index contributed by atoms with van der Waals surface area (Å²) >= 11 is 0. The molecule has 0 spiro atoms. The highest BCUT2D eigenvalue weighted by atomic mass is 16.7. The van der Waals surface area contributed by atoms with Crippen molar-refractivity contribution < 1.29 is 69.0 Å². The second kappa shape index (κ2) is 40.2. The molecule has 0 aromatic heterocycles. The first-order valence-corrected chi connectivity index (χ1v) is 25.5. The standard InChI is InChI=1S/C53H90O14/c1-3-5-7-9-11-13-15-17-19-20-21-23-25-27-29-31-33-35-37-62-39-42(65-45(55)36-34-32-30-28-26-24-22-18-16-14-12-10-8-6-4-2)40-63-52-51(61)49(59)47(57)44(67-52)41-64-53-50(60)48(58)46(56)43(38-54)66-53/h5,7,11,13,17-19,21-23,27,29,42-44,46-54,56-61H,3-4,6,8-10,12,14-16,20,24-26,28,30-41H2,1-2H3/b7-5-,13-11-,19-17-,22-18-,23-21-,29-27-. The van der Waals surface area contributed by atoms with Crippen LogP contribution in [-0.2, 0) is 33.2 Å². The second-order valence-corrected chi connectivity index (χ2v) is 17.6. The third-order valence-corrected chi connectivity index (χ3v) is 11.7. The molecule has 2 fully saturated rings. The lowest BCUT2D eigenvalue weighted by molar-refractivity contribution is -0.332. The molecule has 2 aliphatic rings. The Labute approximate surface area is 402 Å². The van der Waals surface area contributed by atoms with E-state index in [9.17, 15) is 40.5 Å². The lowest BCUT2D eigenvalue weighted by Gasteiger charge is -2.42. The van der Waals surface area contributed by atoms with Crippen molar-refractivity contribution in [3.05, 3.63) is 72.9 Å². The number of hydrogen-bond acceptors (Lipinski definition) is 14. The Morgan fingerprint density at radius 3 is 1.54 bits per heavy atom. The van der Waals surface area contributed by atoms with Gasteiger partial charge in [0.05, 0.1) is 26.4 Å². The molecule has 11 unspecified atom stereocenters. The molecule has 14 nitrogen and oxygen atoms in total. The van der Waals surface area contributed by atoms with Gasteiger partial charge in [-0.2, -0.15) is 0 Å². The van der Waals surface area contributed by atoms with Gasteiger partial charge in [-0.3, -0.25) is 4.79 Å². The van der Waals surface area contributed by atoms with Crippen molar-refractivity contribution in [2.45, 2.75) is 223 Å². The van der Waals surface area contributed by atoms with E-state index >= 15 is 0 Å². The van der Waals surface area contributed by atoms with Crippen LogP contribution in [0.4, 0.5) is 0 Å². The molecule has 14 heteroatoms. The Balaban J connectivity index is 1.81. The van der Waals surface area contributed by atoms with Crippen LogP contribution in [0.5, 0.6) is 0 Å². The topological polar surface area (TPSA) is 214 Å². The van der Waals surface area contributed by atoms with Gasteiger partial charge < -0.3 is 64.2 Å². The third-order valence-electron chi connectivity index (χ3n) is 11.7. The lowest BCUT2D eigenvalue weighted by atomic mass is 9.98. The highest BCUT2D eigenvalue weighted by molar-refractivity contribution is 5.69. The van der Waals surface area contributed by atoms with E-state index < -0.39 is 86.7 Å². The molecule has 67 heavy (non-hydrogen) atoms. The molecule has 0 saturated carbocycles. The minimum Gasteiger partial charge on any atom is -0.457 e. The fourth-order valence-corrected chi connectivity index (χ4v) is 7.54. The van der Waals surface area contributed by atoms with E-state index in [-0.39, 0.29) is 19.6 Å². The molecule has 0 amide bonds. The molecule has 7 N–H and O–H groups in total. The summed E-state index contributed by atoms with van der Waals surface area (Å²) in [6.07, 6.45) is 32.5. The van der Waals surface area contributed by atoms with Crippen molar-refractivity contribution in [3.8, 4) is 0 Å². The first kappa shape index (κ1) is 60.6. The van der Waals surface area contributed by atoms with E-state index in [0.717, 1.165) is 89.9 Å². The number of allylic oxidation sites excluding steroid dienone is 12. The van der Waals surface area contributed by atoms with Gasteiger partial charge in [0.2, 0.25) is 0 Å². The van der Waals surface area contributed by atoms with Crippen molar-refractivity contribution in [3.63, 3.8) is 0 Å². The number of carbonyl (C=O) groups excluding carboxylic acids is 1. The fourth-order valence-electron chi connectivity index (χ4n) is 7.54. The predicted molar refractivity (Wildman–Crippen MR) is 261 cm³/mol. The molecule has 386 valence electrons. The normalized spacial score (nSPS) is 26.7. The number of carbonyl (C=O) groups is 1. The van der Waals surface area contributed by atoms with Crippen LogP contribution in [-0.4, -0.2) is 142 Å². The Kier molecular flexibility index (Phi) is 36.3. The van der Waals surface area contributed by atoms with Gasteiger partial charge in [0, 0.05) is 13.0 Å². The van der Waals surface area contributed by atoms with E-state index in [2.05, 4.69) is 86.8 Å². The number of hydrogen-bond donors (Lipinski definition) is 7. The maximum Gasteiger partial charge on any atom is 0.306 e. The molecule has 0 aromatic carbocycles. The van der Waals surface area contributed by atoms with Crippen molar-refractivity contribution in [1.82, 2.24) is 0 Å². The Morgan fingerprint density at radius 2 is 0.970 bits per heavy atom. The lowest BCUT2D eigenvalue weighted by Crippen LogP contribution is -2.61. The van der Waals surface area contributed by atoms with Crippen molar-refractivity contribution in [1.29, 1.82) is 0 Å². The van der Waals surface area contributed by atoms with Crippen LogP contribution in [0.2, 0.25) is 0 Å². The summed E-state index contributed by atoms with van der Waals surface area (Å²) in [5, 5.41) is 72.1. The average Bonchev–Trinajstić information content (AvgIpc) is 3.32. The van der Waals surface area contributed by atoms with Gasteiger partial charge in [0.1, 0.15) is 54.9 Å². The molecular weight excluding hydrogens is 861 g/mol. The average molecular weight is 951 g/mol. The van der Waals surface area contributed by atoms with E-state index in [4.69, 9.17) is 28.4 Å². The van der Waals surface area contributed by atoms with Crippen molar-refractivity contribution >= 4 is 5.97 Å². The molecule has 11 atom stereocenters. The Morgan fingerprint density at radius 1 is 0.507 bits per heavy atom. The van der Waals surface area contributed by atoms with Crippen molar-refractivity contribution in [2.24, 2.45) is 0 Å². The number of aliphatic hydroxyl groups excluding tert-OH is 7. The summed E-state index contributed by atoms with van der Waals surface area (Å²) in [4.78, 5) is 13.0. The molecule has 0 bridgehead atoms. The minimum atomic E-state index is -1.72. The molecule has 0 aromatic rings. The summed E-state index contributed by atoms with van der Waals surface area (Å²) in [6.45, 7) is 3.42. The van der Waals surface area contributed by atoms with Gasteiger partial charge in [-0.15, -0.1) is 0 Å². The molecular formula is C53H90O14. The zero-order valence-corrected chi connectivity index (χ0v) is 40.9. The number of ether oxygens (including phenoxy) is 6. The van der Waals surface area contributed by atoms with Gasteiger partial charge in [-0.25, -0.2) is 0 Å². The maximum absolute atomic E-state index is 13.0. The summed E-state index contributed by atoms with van der Waals surface area (Å²) in [5.41, 5.74) is 0. The van der Waals surface area contributed by atoms with Gasteiger partial charge in [0.15, 0.2) is 12.6 Å². The molecule has 0 aliphatic carbocycles. The van der Waals surface area contributed by atoms with Crippen LogP contribution in [0.1, 0.15) is 155 Å². The molecule has 2 heterocycles. The van der Waals surface area contributed by atoms with E-state index in [0.29, 0.717) is 13.0 Å². The minimum absolute atomic E-state index is 0.0252. The van der Waals surface area contributed by atoms with Crippen LogP contribution in [0.25, 0.3) is 0 Å². The first-order chi connectivity index (χ1) is 32.6. The summed E-state index contributed by atoms with van der Waals surface area (Å²) in [5.74, 6) is -0.403. The zero-order chi connectivity index (χ0) is 48.7. The van der Waals surface area contributed by atoms with Crippen LogP contribution in [0.3, 0.4) is 0 Å². The van der Waals surface area contributed by atoms with E-state index in [1.54, 1.807) is 0 Å². The first-order valence-electron chi connectivity index (χ1n) is 25.5.